The summed E-state index contributed by atoms with van der Waals surface area (Å²) in [6.45, 7) is 2.44. The van der Waals surface area contributed by atoms with Gasteiger partial charge in [0.2, 0.25) is 0 Å². The number of fused-ring (bicyclic) bond motifs is 3. The highest BCUT2D eigenvalue weighted by atomic mass is 14.5. The van der Waals surface area contributed by atoms with Gasteiger partial charge in [-0.2, -0.15) is 0 Å². The van der Waals surface area contributed by atoms with Crippen molar-refractivity contribution < 1.29 is 0 Å². The maximum absolute atomic E-state index is 2.44. The Morgan fingerprint density at radius 2 is 1.90 bits per heavy atom. The average molecular weight is 134 g/mol. The highest BCUT2D eigenvalue weighted by Gasteiger charge is 2.49. The van der Waals surface area contributed by atoms with Crippen molar-refractivity contribution in [1.29, 1.82) is 0 Å². The highest BCUT2D eigenvalue weighted by molar-refractivity contribution is 5.42. The topological polar surface area (TPSA) is 0 Å². The van der Waals surface area contributed by atoms with Gasteiger partial charge in [0, 0.05) is 0 Å². The second kappa shape index (κ2) is 1.49. The fourth-order valence-corrected chi connectivity index (χ4v) is 3.30. The lowest BCUT2D eigenvalue weighted by molar-refractivity contribution is 0.298. The Morgan fingerprint density at radius 1 is 1.10 bits per heavy atom. The highest BCUT2D eigenvalue weighted by Crippen LogP contribution is 2.61. The molecule has 0 radical (unpaired) electrons. The van der Waals surface area contributed by atoms with Gasteiger partial charge in [-0.3, -0.25) is 0 Å². The van der Waals surface area contributed by atoms with Crippen LogP contribution in [0.1, 0.15) is 32.6 Å². The Bertz CT molecular complexity index is 212. The zero-order chi connectivity index (χ0) is 6.72. The van der Waals surface area contributed by atoms with E-state index in [4.69, 9.17) is 0 Å². The molecule has 0 heterocycles. The van der Waals surface area contributed by atoms with E-state index >= 15 is 0 Å². The fraction of sp³-hybridized carbons (Fsp3) is 0.800. The van der Waals surface area contributed by atoms with Crippen LogP contribution in [0.4, 0.5) is 0 Å². The van der Waals surface area contributed by atoms with Gasteiger partial charge in [-0.1, -0.05) is 18.1 Å². The quantitative estimate of drug-likeness (QED) is 0.447. The Hall–Kier alpha value is -0.260. The maximum Gasteiger partial charge on any atom is -0.0109 e. The van der Waals surface area contributed by atoms with Crippen molar-refractivity contribution >= 4 is 0 Å². The molecule has 0 N–H and O–H groups in total. The SMILES string of the molecule is CC1CCC2C3=C(CC3)C12. The van der Waals surface area contributed by atoms with E-state index in [-0.39, 0.29) is 0 Å². The number of hydrogen-bond donors (Lipinski definition) is 0. The van der Waals surface area contributed by atoms with Crippen molar-refractivity contribution in [2.75, 3.05) is 0 Å². The molecule has 3 aliphatic carbocycles. The summed E-state index contributed by atoms with van der Waals surface area (Å²) < 4.78 is 0. The molecule has 0 aromatic rings. The molecule has 10 heavy (non-hydrogen) atoms. The second-order valence-corrected chi connectivity index (χ2v) is 4.24. The predicted molar refractivity (Wildman–Crippen MR) is 41.6 cm³/mol. The van der Waals surface area contributed by atoms with Gasteiger partial charge in [-0.25, -0.2) is 0 Å². The van der Waals surface area contributed by atoms with E-state index in [0.717, 1.165) is 17.8 Å². The molecule has 54 valence electrons. The number of allylic oxidation sites excluding steroid dienone is 2. The van der Waals surface area contributed by atoms with Crippen molar-refractivity contribution in [2.24, 2.45) is 17.8 Å². The Kier molecular flexibility index (Phi) is 0.805. The van der Waals surface area contributed by atoms with E-state index in [1.54, 1.807) is 0 Å². The zero-order valence-electron chi connectivity index (χ0n) is 6.56. The fourth-order valence-electron chi connectivity index (χ4n) is 3.30. The third kappa shape index (κ3) is 0.398. The van der Waals surface area contributed by atoms with Crippen LogP contribution >= 0.6 is 0 Å². The zero-order valence-corrected chi connectivity index (χ0v) is 6.56. The van der Waals surface area contributed by atoms with Crippen LogP contribution in [0, 0.1) is 17.8 Å². The lowest BCUT2D eigenvalue weighted by atomic mass is 9.58. The minimum absolute atomic E-state index is 1.03. The minimum Gasteiger partial charge on any atom is -0.0667 e. The first-order valence-electron chi connectivity index (χ1n) is 4.59. The first kappa shape index (κ1) is 5.40. The molecule has 3 rings (SSSR count). The summed E-state index contributed by atoms with van der Waals surface area (Å²) in [7, 11) is 0. The summed E-state index contributed by atoms with van der Waals surface area (Å²) in [6, 6.07) is 0. The lowest BCUT2D eigenvalue weighted by Crippen LogP contribution is -2.35. The van der Waals surface area contributed by atoms with Crippen LogP contribution in [0.15, 0.2) is 11.1 Å². The Balaban J connectivity index is 1.98. The molecule has 0 nitrogen and oxygen atoms in total. The van der Waals surface area contributed by atoms with Gasteiger partial charge in [0.15, 0.2) is 0 Å². The van der Waals surface area contributed by atoms with Gasteiger partial charge in [-0.15, -0.1) is 0 Å². The van der Waals surface area contributed by atoms with Crippen molar-refractivity contribution in [3.63, 3.8) is 0 Å². The molecule has 0 aromatic carbocycles. The molecule has 3 unspecified atom stereocenters. The van der Waals surface area contributed by atoms with Gasteiger partial charge < -0.3 is 0 Å². The maximum atomic E-state index is 2.44. The van der Waals surface area contributed by atoms with Gasteiger partial charge in [0.1, 0.15) is 0 Å². The van der Waals surface area contributed by atoms with Crippen LogP contribution in [0.5, 0.6) is 0 Å². The lowest BCUT2D eigenvalue weighted by Gasteiger charge is -2.47. The molecule has 0 aromatic heterocycles. The molecule has 0 aliphatic heterocycles. The molecular weight excluding hydrogens is 120 g/mol. The van der Waals surface area contributed by atoms with Crippen molar-refractivity contribution in [3.05, 3.63) is 11.1 Å². The van der Waals surface area contributed by atoms with Crippen LogP contribution in [-0.4, -0.2) is 0 Å². The molecule has 0 bridgehead atoms. The summed E-state index contributed by atoms with van der Waals surface area (Å²) in [4.78, 5) is 0. The van der Waals surface area contributed by atoms with E-state index in [0.29, 0.717) is 0 Å². The van der Waals surface area contributed by atoms with Crippen molar-refractivity contribution in [3.8, 4) is 0 Å². The van der Waals surface area contributed by atoms with E-state index in [9.17, 15) is 0 Å². The van der Waals surface area contributed by atoms with Gasteiger partial charge in [-0.05, 0) is 43.4 Å². The largest absolute Gasteiger partial charge is 0.0667 e. The number of rotatable bonds is 0. The van der Waals surface area contributed by atoms with E-state index in [1.807, 2.05) is 11.1 Å². The first-order chi connectivity index (χ1) is 4.88. The summed E-state index contributed by atoms with van der Waals surface area (Å²) in [5.74, 6) is 3.19. The summed E-state index contributed by atoms with van der Waals surface area (Å²) >= 11 is 0. The monoisotopic (exact) mass is 134 g/mol. The van der Waals surface area contributed by atoms with Crippen LogP contribution in [0.2, 0.25) is 0 Å². The smallest absolute Gasteiger partial charge is 0.0109 e. The summed E-state index contributed by atoms with van der Waals surface area (Å²) in [5.41, 5.74) is 3.77. The van der Waals surface area contributed by atoms with Gasteiger partial charge in [0.05, 0.1) is 0 Å². The van der Waals surface area contributed by atoms with Crippen LogP contribution in [0.3, 0.4) is 0 Å². The van der Waals surface area contributed by atoms with Crippen LogP contribution in [-0.2, 0) is 0 Å². The normalized spacial score (nSPS) is 49.5. The van der Waals surface area contributed by atoms with Crippen LogP contribution < -0.4 is 0 Å². The minimum atomic E-state index is 1.03. The third-order valence-electron chi connectivity index (χ3n) is 3.91. The molecular formula is C10H14. The van der Waals surface area contributed by atoms with E-state index in [2.05, 4.69) is 6.92 Å². The molecule has 3 atom stereocenters. The molecule has 1 fully saturated rings. The number of hydrogen-bond acceptors (Lipinski definition) is 0. The molecule has 0 saturated heterocycles. The molecule has 0 heteroatoms. The molecule has 0 amide bonds. The Morgan fingerprint density at radius 3 is 2.50 bits per heavy atom. The molecule has 3 aliphatic rings. The van der Waals surface area contributed by atoms with E-state index < -0.39 is 0 Å². The average Bonchev–Trinajstić information content (AvgIpc) is 2.14. The molecule has 1 saturated carbocycles. The van der Waals surface area contributed by atoms with Crippen LogP contribution in [0.25, 0.3) is 0 Å². The van der Waals surface area contributed by atoms with Gasteiger partial charge >= 0.3 is 0 Å². The first-order valence-corrected chi connectivity index (χ1v) is 4.59. The summed E-state index contributed by atoms with van der Waals surface area (Å²) in [6.07, 6.45) is 5.94. The van der Waals surface area contributed by atoms with Crippen molar-refractivity contribution in [1.82, 2.24) is 0 Å². The second-order valence-electron chi connectivity index (χ2n) is 4.24. The summed E-state index contributed by atoms with van der Waals surface area (Å²) in [5, 5.41) is 0. The third-order valence-corrected chi connectivity index (χ3v) is 3.91. The van der Waals surface area contributed by atoms with E-state index in [1.165, 1.54) is 25.7 Å². The Labute approximate surface area is 62.3 Å². The standard InChI is InChI=1S/C10H14/c1-6-2-3-8-7-4-5-9(7)10(6)8/h6,8,10H,2-5H2,1H3. The van der Waals surface area contributed by atoms with Crippen molar-refractivity contribution in [2.45, 2.75) is 32.6 Å². The predicted octanol–water partition coefficient (Wildman–Crippen LogP) is 2.75. The van der Waals surface area contributed by atoms with Gasteiger partial charge in [0.25, 0.3) is 0 Å². The molecule has 0 spiro atoms.